The second-order valence-corrected chi connectivity index (χ2v) is 2.91. The molecular formula is C9H17N2O+. The number of aliphatic hydroxyl groups is 1. The van der Waals surface area contributed by atoms with Gasteiger partial charge in [0, 0.05) is 6.61 Å². The van der Waals surface area contributed by atoms with Crippen molar-refractivity contribution in [3.8, 4) is 0 Å². The first-order valence-corrected chi connectivity index (χ1v) is 4.52. The van der Waals surface area contributed by atoms with E-state index in [-0.39, 0.29) is 0 Å². The average molecular weight is 169 g/mol. The van der Waals surface area contributed by atoms with Crippen LogP contribution in [0.25, 0.3) is 0 Å². The first-order valence-electron chi connectivity index (χ1n) is 4.52. The Hall–Kier alpha value is -0.830. The number of nitrogens with zero attached hydrogens (tertiary/aromatic N) is 2. The van der Waals surface area contributed by atoms with Crippen molar-refractivity contribution < 1.29 is 9.67 Å². The number of unbranched alkanes of at least 4 members (excludes halogenated alkanes) is 1. The first-order chi connectivity index (χ1) is 5.86. The molecule has 12 heavy (non-hydrogen) atoms. The van der Waals surface area contributed by atoms with Crippen molar-refractivity contribution in [1.29, 1.82) is 0 Å². The maximum atomic E-state index is 8.58. The predicted octanol–water partition coefficient (Wildman–Crippen LogP) is 0.568. The fourth-order valence-electron chi connectivity index (χ4n) is 1.16. The molecule has 1 aromatic rings. The molecule has 0 aliphatic heterocycles. The highest BCUT2D eigenvalue weighted by atomic mass is 16.2. The van der Waals surface area contributed by atoms with Gasteiger partial charge in [-0.15, -0.1) is 0 Å². The second-order valence-electron chi connectivity index (χ2n) is 2.91. The van der Waals surface area contributed by atoms with Crippen LogP contribution in [0.4, 0.5) is 0 Å². The van der Waals surface area contributed by atoms with Gasteiger partial charge in [-0.05, 0) is 19.8 Å². The monoisotopic (exact) mass is 169 g/mol. The van der Waals surface area contributed by atoms with Gasteiger partial charge in [0.1, 0.15) is 12.4 Å². The van der Waals surface area contributed by atoms with Crippen LogP contribution in [0.1, 0.15) is 19.8 Å². The largest absolute Gasteiger partial charge is 0.396 e. The molecule has 0 aromatic carbocycles. The number of hydrogen-bond donors (Lipinski definition) is 1. The molecule has 0 saturated heterocycles. The Balaban J connectivity index is 2.31. The molecule has 3 nitrogen and oxygen atoms in total. The second kappa shape index (κ2) is 4.93. The third-order valence-electron chi connectivity index (χ3n) is 1.94. The fourth-order valence-corrected chi connectivity index (χ4v) is 1.16. The van der Waals surface area contributed by atoms with Crippen LogP contribution in [0.15, 0.2) is 18.7 Å². The van der Waals surface area contributed by atoms with Gasteiger partial charge in [-0.3, -0.25) is 0 Å². The Morgan fingerprint density at radius 2 is 2.25 bits per heavy atom. The third-order valence-corrected chi connectivity index (χ3v) is 1.94. The standard InChI is InChI=1S/C9H17N2O/c1-2-10-6-7-11(9-10)5-3-4-8-12/h6-7,9,12H,2-5,8H2,1H3/q+1. The van der Waals surface area contributed by atoms with E-state index in [0.717, 1.165) is 25.9 Å². The molecule has 1 aromatic heterocycles. The van der Waals surface area contributed by atoms with Crippen LogP contribution in [0.2, 0.25) is 0 Å². The molecule has 0 atom stereocenters. The number of imidazole rings is 1. The van der Waals surface area contributed by atoms with E-state index in [2.05, 4.69) is 34.8 Å². The van der Waals surface area contributed by atoms with E-state index in [0.29, 0.717) is 6.61 Å². The van der Waals surface area contributed by atoms with Crippen molar-refractivity contribution in [3.63, 3.8) is 0 Å². The van der Waals surface area contributed by atoms with Crippen molar-refractivity contribution in [1.82, 2.24) is 4.57 Å². The lowest BCUT2D eigenvalue weighted by Crippen LogP contribution is -2.30. The number of hydrogen-bond acceptors (Lipinski definition) is 1. The van der Waals surface area contributed by atoms with Crippen molar-refractivity contribution in [2.24, 2.45) is 0 Å². The molecule has 68 valence electrons. The van der Waals surface area contributed by atoms with Crippen LogP contribution in [-0.4, -0.2) is 16.3 Å². The Labute approximate surface area is 73.3 Å². The zero-order valence-electron chi connectivity index (χ0n) is 7.61. The topological polar surface area (TPSA) is 29.0 Å². The Morgan fingerprint density at radius 3 is 2.83 bits per heavy atom. The van der Waals surface area contributed by atoms with Crippen molar-refractivity contribution in [3.05, 3.63) is 18.7 Å². The summed E-state index contributed by atoms with van der Waals surface area (Å²) in [7, 11) is 0. The van der Waals surface area contributed by atoms with Crippen LogP contribution >= 0.6 is 0 Å². The van der Waals surface area contributed by atoms with E-state index in [1.807, 2.05) is 0 Å². The Kier molecular flexibility index (Phi) is 3.80. The van der Waals surface area contributed by atoms with Gasteiger partial charge < -0.3 is 5.11 Å². The normalized spacial score (nSPS) is 10.5. The lowest BCUT2D eigenvalue weighted by atomic mass is 10.3. The summed E-state index contributed by atoms with van der Waals surface area (Å²) in [5.41, 5.74) is 0. The summed E-state index contributed by atoms with van der Waals surface area (Å²) in [5, 5.41) is 8.58. The summed E-state index contributed by atoms with van der Waals surface area (Å²) in [6.07, 6.45) is 8.18. The predicted molar refractivity (Wildman–Crippen MR) is 46.6 cm³/mol. The zero-order valence-corrected chi connectivity index (χ0v) is 7.61. The molecule has 0 fully saturated rings. The van der Waals surface area contributed by atoms with Gasteiger partial charge in [-0.25, -0.2) is 9.13 Å². The quantitative estimate of drug-likeness (QED) is 0.506. The Bertz CT molecular complexity index is 220. The van der Waals surface area contributed by atoms with Gasteiger partial charge in [0.25, 0.3) is 0 Å². The smallest absolute Gasteiger partial charge is 0.243 e. The molecule has 0 unspecified atom stereocenters. The molecule has 0 aliphatic rings. The average Bonchev–Trinajstić information content (AvgIpc) is 2.53. The highest BCUT2D eigenvalue weighted by molar-refractivity contribution is 4.64. The molecule has 0 aliphatic carbocycles. The summed E-state index contributed by atoms with van der Waals surface area (Å²) < 4.78 is 4.29. The highest BCUT2D eigenvalue weighted by Crippen LogP contribution is 1.88. The number of rotatable bonds is 5. The number of aryl methyl sites for hydroxylation is 2. The van der Waals surface area contributed by atoms with E-state index in [1.165, 1.54) is 0 Å². The maximum Gasteiger partial charge on any atom is 0.243 e. The molecule has 0 radical (unpaired) electrons. The summed E-state index contributed by atoms with van der Waals surface area (Å²) in [5.74, 6) is 0. The molecule has 0 amide bonds. The van der Waals surface area contributed by atoms with E-state index >= 15 is 0 Å². The van der Waals surface area contributed by atoms with Crippen LogP contribution in [0, 0.1) is 0 Å². The molecule has 1 rings (SSSR count). The van der Waals surface area contributed by atoms with Crippen LogP contribution < -0.4 is 4.57 Å². The van der Waals surface area contributed by atoms with Crippen LogP contribution in [0.5, 0.6) is 0 Å². The van der Waals surface area contributed by atoms with Crippen molar-refractivity contribution in [2.75, 3.05) is 6.61 Å². The molecule has 1 heterocycles. The SMILES string of the molecule is CCn1cc[n+](CCCCO)c1. The molecule has 0 bridgehead atoms. The molecule has 3 heteroatoms. The molecule has 0 saturated carbocycles. The van der Waals surface area contributed by atoms with Crippen molar-refractivity contribution in [2.45, 2.75) is 32.9 Å². The molecule has 0 spiro atoms. The van der Waals surface area contributed by atoms with E-state index in [1.54, 1.807) is 0 Å². The summed E-state index contributed by atoms with van der Waals surface area (Å²) in [6, 6.07) is 0. The lowest BCUT2D eigenvalue weighted by molar-refractivity contribution is -0.696. The maximum absolute atomic E-state index is 8.58. The Morgan fingerprint density at radius 1 is 1.42 bits per heavy atom. The minimum atomic E-state index is 0.301. The zero-order chi connectivity index (χ0) is 8.81. The number of aromatic nitrogens is 2. The van der Waals surface area contributed by atoms with Crippen molar-refractivity contribution >= 4 is 0 Å². The highest BCUT2D eigenvalue weighted by Gasteiger charge is 1.99. The van der Waals surface area contributed by atoms with Gasteiger partial charge in [-0.2, -0.15) is 0 Å². The van der Waals surface area contributed by atoms with Gasteiger partial charge in [0.15, 0.2) is 0 Å². The fraction of sp³-hybridized carbons (Fsp3) is 0.667. The van der Waals surface area contributed by atoms with Gasteiger partial charge in [0.05, 0.1) is 13.1 Å². The number of aliphatic hydroxyl groups excluding tert-OH is 1. The first kappa shape index (κ1) is 9.26. The minimum Gasteiger partial charge on any atom is -0.396 e. The molecular weight excluding hydrogens is 152 g/mol. The van der Waals surface area contributed by atoms with Crippen LogP contribution in [-0.2, 0) is 13.1 Å². The minimum absolute atomic E-state index is 0.301. The van der Waals surface area contributed by atoms with E-state index in [9.17, 15) is 0 Å². The van der Waals surface area contributed by atoms with E-state index < -0.39 is 0 Å². The summed E-state index contributed by atoms with van der Waals surface area (Å²) >= 11 is 0. The van der Waals surface area contributed by atoms with Gasteiger partial charge >= 0.3 is 0 Å². The summed E-state index contributed by atoms with van der Waals surface area (Å²) in [6.45, 7) is 4.45. The third kappa shape index (κ3) is 2.66. The summed E-state index contributed by atoms with van der Waals surface area (Å²) in [4.78, 5) is 0. The van der Waals surface area contributed by atoms with Crippen LogP contribution in [0.3, 0.4) is 0 Å². The van der Waals surface area contributed by atoms with E-state index in [4.69, 9.17) is 5.11 Å². The molecule has 1 N–H and O–H groups in total. The van der Waals surface area contributed by atoms with Gasteiger partial charge in [0.2, 0.25) is 6.33 Å². The van der Waals surface area contributed by atoms with Gasteiger partial charge in [-0.1, -0.05) is 0 Å². The lowest BCUT2D eigenvalue weighted by Gasteiger charge is -1.93.